The van der Waals surface area contributed by atoms with E-state index in [2.05, 4.69) is 66.0 Å². The van der Waals surface area contributed by atoms with E-state index in [9.17, 15) is 0 Å². The zero-order valence-electron chi connectivity index (χ0n) is 12.0. The Kier molecular flexibility index (Phi) is 2.90. The van der Waals surface area contributed by atoms with Crippen molar-refractivity contribution in [2.24, 2.45) is 0 Å². The molecule has 4 rings (SSSR count). The molecule has 2 heteroatoms. The van der Waals surface area contributed by atoms with Crippen LogP contribution in [0.15, 0.2) is 54.6 Å². The van der Waals surface area contributed by atoms with Crippen molar-refractivity contribution >= 4 is 17.4 Å². The summed E-state index contributed by atoms with van der Waals surface area (Å²) in [6, 6.07) is 17.0. The monoisotopic (exact) mass is 275 g/mol. The SMILES string of the molecule is CNCC1C=C2C(=c3ccccc3=Cc3ccccc32)O1. The van der Waals surface area contributed by atoms with Gasteiger partial charge in [0.05, 0.1) is 0 Å². The highest BCUT2D eigenvalue weighted by Gasteiger charge is 2.25. The van der Waals surface area contributed by atoms with Gasteiger partial charge in [-0.25, -0.2) is 0 Å². The molecule has 1 aliphatic carbocycles. The van der Waals surface area contributed by atoms with Gasteiger partial charge < -0.3 is 10.1 Å². The lowest BCUT2D eigenvalue weighted by molar-refractivity contribution is 0.225. The number of rotatable bonds is 2. The van der Waals surface area contributed by atoms with Crippen LogP contribution in [0, 0.1) is 0 Å². The Morgan fingerprint density at radius 2 is 1.86 bits per heavy atom. The molecule has 1 heterocycles. The van der Waals surface area contributed by atoms with E-state index in [1.54, 1.807) is 0 Å². The highest BCUT2D eigenvalue weighted by molar-refractivity contribution is 5.99. The fraction of sp³-hybridized carbons (Fsp3) is 0.158. The van der Waals surface area contributed by atoms with Gasteiger partial charge >= 0.3 is 0 Å². The van der Waals surface area contributed by atoms with Gasteiger partial charge in [0.25, 0.3) is 0 Å². The third kappa shape index (κ3) is 1.99. The largest absolute Gasteiger partial charge is 0.484 e. The zero-order valence-corrected chi connectivity index (χ0v) is 12.0. The van der Waals surface area contributed by atoms with Crippen molar-refractivity contribution in [1.29, 1.82) is 0 Å². The quantitative estimate of drug-likeness (QED) is 0.899. The number of benzene rings is 2. The normalized spacial score (nSPS) is 18.6. The second-order valence-corrected chi connectivity index (χ2v) is 5.44. The van der Waals surface area contributed by atoms with Crippen molar-refractivity contribution < 1.29 is 4.74 Å². The molecule has 0 bridgehead atoms. The minimum absolute atomic E-state index is 0.0965. The summed E-state index contributed by atoms with van der Waals surface area (Å²) < 4.78 is 6.21. The Morgan fingerprint density at radius 3 is 2.76 bits per heavy atom. The van der Waals surface area contributed by atoms with Crippen LogP contribution in [0.4, 0.5) is 0 Å². The predicted octanol–water partition coefficient (Wildman–Crippen LogP) is 1.64. The van der Waals surface area contributed by atoms with Crippen molar-refractivity contribution in [3.63, 3.8) is 0 Å². The first-order chi connectivity index (χ1) is 10.4. The molecule has 0 saturated carbocycles. The summed E-state index contributed by atoms with van der Waals surface area (Å²) in [5, 5.41) is 5.59. The average molecular weight is 275 g/mol. The molecule has 1 unspecified atom stereocenters. The molecule has 104 valence electrons. The predicted molar refractivity (Wildman–Crippen MR) is 85.9 cm³/mol. The first kappa shape index (κ1) is 12.4. The first-order valence-electron chi connectivity index (χ1n) is 7.31. The fourth-order valence-corrected chi connectivity index (χ4v) is 3.10. The Morgan fingerprint density at radius 1 is 1.05 bits per heavy atom. The molecular weight excluding hydrogens is 258 g/mol. The van der Waals surface area contributed by atoms with Crippen LogP contribution in [-0.2, 0) is 4.74 Å². The first-order valence-corrected chi connectivity index (χ1v) is 7.31. The van der Waals surface area contributed by atoms with E-state index in [0.717, 1.165) is 12.3 Å². The number of nitrogens with one attached hydrogen (secondary N) is 1. The number of fused-ring (bicyclic) bond motifs is 4. The number of likely N-dealkylation sites (N-methyl/N-ethyl adjacent to an activating group) is 1. The molecule has 2 aliphatic rings. The second-order valence-electron chi connectivity index (χ2n) is 5.44. The van der Waals surface area contributed by atoms with E-state index < -0.39 is 0 Å². The summed E-state index contributed by atoms with van der Waals surface area (Å²) in [7, 11) is 1.95. The molecule has 2 nitrogen and oxygen atoms in total. The molecule has 1 N–H and O–H groups in total. The van der Waals surface area contributed by atoms with Crippen LogP contribution in [0.25, 0.3) is 17.4 Å². The number of ether oxygens (including phenoxy) is 1. The van der Waals surface area contributed by atoms with Gasteiger partial charge in [-0.2, -0.15) is 0 Å². The van der Waals surface area contributed by atoms with Crippen LogP contribution in [0.3, 0.4) is 0 Å². The van der Waals surface area contributed by atoms with Gasteiger partial charge in [-0.3, -0.25) is 0 Å². The molecular formula is C19H17NO. The summed E-state index contributed by atoms with van der Waals surface area (Å²) in [5.74, 6) is 1.01. The van der Waals surface area contributed by atoms with E-state index in [1.165, 1.54) is 27.1 Å². The molecule has 0 amide bonds. The molecule has 0 saturated heterocycles. The summed E-state index contributed by atoms with van der Waals surface area (Å²) >= 11 is 0. The van der Waals surface area contributed by atoms with Crippen LogP contribution in [-0.4, -0.2) is 19.7 Å². The van der Waals surface area contributed by atoms with Crippen LogP contribution >= 0.6 is 0 Å². The van der Waals surface area contributed by atoms with Crippen LogP contribution in [0.1, 0.15) is 11.1 Å². The smallest absolute Gasteiger partial charge is 0.135 e. The van der Waals surface area contributed by atoms with E-state index >= 15 is 0 Å². The van der Waals surface area contributed by atoms with Crippen LogP contribution in [0.2, 0.25) is 0 Å². The van der Waals surface area contributed by atoms with Crippen LogP contribution < -0.4 is 15.8 Å². The summed E-state index contributed by atoms with van der Waals surface area (Å²) in [4.78, 5) is 0. The summed E-state index contributed by atoms with van der Waals surface area (Å²) in [5.41, 5.74) is 3.72. The van der Waals surface area contributed by atoms with Crippen molar-refractivity contribution in [1.82, 2.24) is 5.32 Å². The maximum atomic E-state index is 6.21. The molecule has 0 aromatic heterocycles. The van der Waals surface area contributed by atoms with Crippen molar-refractivity contribution in [2.45, 2.75) is 6.10 Å². The average Bonchev–Trinajstić information content (AvgIpc) is 2.87. The molecule has 2 aromatic carbocycles. The van der Waals surface area contributed by atoms with Crippen LogP contribution in [0.5, 0.6) is 0 Å². The third-order valence-electron chi connectivity index (χ3n) is 4.04. The van der Waals surface area contributed by atoms with Gasteiger partial charge in [-0.15, -0.1) is 0 Å². The Hall–Kier alpha value is -2.32. The summed E-state index contributed by atoms with van der Waals surface area (Å²) in [6.07, 6.45) is 4.58. The fourth-order valence-electron chi connectivity index (χ4n) is 3.10. The molecule has 1 atom stereocenters. The minimum atomic E-state index is 0.0965. The Bertz CT molecular complexity index is 848. The van der Waals surface area contributed by atoms with E-state index in [0.29, 0.717) is 0 Å². The van der Waals surface area contributed by atoms with Crippen molar-refractivity contribution in [3.05, 3.63) is 76.2 Å². The lowest BCUT2D eigenvalue weighted by Crippen LogP contribution is -2.28. The molecule has 0 spiro atoms. The van der Waals surface area contributed by atoms with Gasteiger partial charge in [0, 0.05) is 17.3 Å². The molecule has 0 radical (unpaired) electrons. The summed E-state index contributed by atoms with van der Waals surface area (Å²) in [6.45, 7) is 0.820. The second kappa shape index (κ2) is 4.90. The Balaban J connectivity index is 2.05. The number of hydrogen-bond acceptors (Lipinski definition) is 2. The van der Waals surface area contributed by atoms with Crippen molar-refractivity contribution in [2.75, 3.05) is 13.6 Å². The molecule has 1 aliphatic heterocycles. The lowest BCUT2D eigenvalue weighted by Gasteiger charge is -2.10. The highest BCUT2D eigenvalue weighted by Crippen LogP contribution is 2.34. The standard InChI is InChI=1S/C19H17NO/c1-20-12-15-11-18-16-8-4-2-6-13(16)10-14-7-3-5-9-17(14)19(18)21-15/h2-11,15,20H,12H2,1H3. The highest BCUT2D eigenvalue weighted by atomic mass is 16.5. The topological polar surface area (TPSA) is 21.3 Å². The van der Waals surface area contributed by atoms with Gasteiger partial charge in [-0.1, -0.05) is 48.5 Å². The van der Waals surface area contributed by atoms with Gasteiger partial charge in [0.1, 0.15) is 11.9 Å². The number of hydrogen-bond donors (Lipinski definition) is 1. The van der Waals surface area contributed by atoms with Crippen molar-refractivity contribution in [3.8, 4) is 0 Å². The lowest BCUT2D eigenvalue weighted by atomic mass is 9.99. The zero-order chi connectivity index (χ0) is 14.2. The van der Waals surface area contributed by atoms with Gasteiger partial charge in [0.2, 0.25) is 0 Å². The maximum Gasteiger partial charge on any atom is 0.135 e. The van der Waals surface area contributed by atoms with Gasteiger partial charge in [0.15, 0.2) is 0 Å². The van der Waals surface area contributed by atoms with E-state index in [1.807, 2.05) is 7.05 Å². The van der Waals surface area contributed by atoms with Gasteiger partial charge in [-0.05, 0) is 35.5 Å². The third-order valence-corrected chi connectivity index (χ3v) is 4.04. The molecule has 21 heavy (non-hydrogen) atoms. The maximum absolute atomic E-state index is 6.21. The van der Waals surface area contributed by atoms with E-state index in [4.69, 9.17) is 4.74 Å². The Labute approximate surface area is 124 Å². The van der Waals surface area contributed by atoms with E-state index in [-0.39, 0.29) is 6.10 Å². The molecule has 0 fully saturated rings. The molecule has 2 aromatic rings. The minimum Gasteiger partial charge on any atom is -0.484 e.